The lowest BCUT2D eigenvalue weighted by Gasteiger charge is -2.28. The molecular formula is C28H31FN7O5P. The van der Waals surface area contributed by atoms with Crippen LogP contribution in [0.4, 0.5) is 10.2 Å². The van der Waals surface area contributed by atoms with Crippen molar-refractivity contribution >= 4 is 19.5 Å². The fourth-order valence-electron chi connectivity index (χ4n) is 4.61. The zero-order valence-electron chi connectivity index (χ0n) is 23.3. The van der Waals surface area contributed by atoms with Gasteiger partial charge in [0.05, 0.1) is 30.7 Å². The minimum Gasteiger partial charge on any atom is -0.414 e. The highest BCUT2D eigenvalue weighted by atomic mass is 31.2. The van der Waals surface area contributed by atoms with Crippen LogP contribution in [-0.2, 0) is 13.6 Å². The van der Waals surface area contributed by atoms with Crippen LogP contribution in [0.5, 0.6) is 0 Å². The molecule has 0 unspecified atom stereocenters. The minimum absolute atomic E-state index is 0.0707. The van der Waals surface area contributed by atoms with E-state index in [-0.39, 0.29) is 49.3 Å². The normalized spacial score (nSPS) is 14.6. The molecule has 14 heteroatoms. The number of carbonyl (C=O) groups is 1. The number of nitrogens with two attached hydrogens (primary N) is 1. The lowest BCUT2D eigenvalue weighted by Crippen LogP contribution is -2.35. The van der Waals surface area contributed by atoms with E-state index in [1.165, 1.54) is 18.3 Å². The smallest absolute Gasteiger partial charge is 0.408 e. The lowest BCUT2D eigenvalue weighted by atomic mass is 10.1. The van der Waals surface area contributed by atoms with Gasteiger partial charge >= 0.3 is 7.75 Å². The van der Waals surface area contributed by atoms with Gasteiger partial charge in [0.2, 0.25) is 5.89 Å². The summed E-state index contributed by atoms with van der Waals surface area (Å²) in [7, 11) is -3.46. The van der Waals surface area contributed by atoms with Crippen LogP contribution in [0.25, 0.3) is 34.3 Å². The molecule has 0 spiro atoms. The SMILES string of the molecule is CCOP(=O)(OCC)N1CCCN(C(=O)c2ccc(-c3cnc(N)c(-c4nnc(-c5ccccc5)o4)n3)cc2F)CC1. The molecule has 220 valence electrons. The number of benzene rings is 2. The van der Waals surface area contributed by atoms with Gasteiger partial charge in [-0.1, -0.05) is 24.3 Å². The summed E-state index contributed by atoms with van der Waals surface area (Å²) in [5.41, 5.74) is 7.55. The summed E-state index contributed by atoms with van der Waals surface area (Å²) in [5, 5.41) is 8.12. The van der Waals surface area contributed by atoms with Crippen LogP contribution in [-0.4, -0.2) is 75.0 Å². The Labute approximate surface area is 242 Å². The Hall–Kier alpha value is -4.03. The van der Waals surface area contributed by atoms with E-state index in [9.17, 15) is 9.36 Å². The zero-order valence-corrected chi connectivity index (χ0v) is 24.2. The van der Waals surface area contributed by atoms with E-state index in [2.05, 4.69) is 20.2 Å². The molecule has 1 aliphatic rings. The third-order valence-electron chi connectivity index (χ3n) is 6.63. The predicted octanol–water partition coefficient (Wildman–Crippen LogP) is 4.91. The number of anilines is 1. The first-order valence-corrected chi connectivity index (χ1v) is 15.1. The molecule has 0 saturated carbocycles. The highest BCUT2D eigenvalue weighted by Crippen LogP contribution is 2.52. The van der Waals surface area contributed by atoms with E-state index >= 15 is 4.39 Å². The van der Waals surface area contributed by atoms with Gasteiger partial charge in [-0.15, -0.1) is 10.2 Å². The topological polar surface area (TPSA) is 150 Å². The van der Waals surface area contributed by atoms with Gasteiger partial charge in [0.15, 0.2) is 11.5 Å². The summed E-state index contributed by atoms with van der Waals surface area (Å²) in [6.45, 7) is 5.27. The van der Waals surface area contributed by atoms with Gasteiger partial charge in [0.1, 0.15) is 5.82 Å². The molecule has 0 aliphatic carbocycles. The van der Waals surface area contributed by atoms with Crippen LogP contribution in [0.15, 0.2) is 59.1 Å². The Kier molecular flexibility index (Phi) is 9.03. The number of rotatable bonds is 9. The summed E-state index contributed by atoms with van der Waals surface area (Å²) < 4.78 is 46.8. The number of carbonyl (C=O) groups excluding carboxylic acids is 1. The molecule has 1 fully saturated rings. The van der Waals surface area contributed by atoms with Crippen LogP contribution in [0.1, 0.15) is 30.6 Å². The maximum absolute atomic E-state index is 15.3. The Morgan fingerprint density at radius 2 is 1.74 bits per heavy atom. The summed E-state index contributed by atoms with van der Waals surface area (Å²) >= 11 is 0. The van der Waals surface area contributed by atoms with Crippen molar-refractivity contribution in [3.05, 3.63) is 66.1 Å². The number of amides is 1. The largest absolute Gasteiger partial charge is 0.414 e. The zero-order chi connectivity index (χ0) is 29.7. The summed E-state index contributed by atoms with van der Waals surface area (Å²) in [5.74, 6) is -0.741. The van der Waals surface area contributed by atoms with Crippen LogP contribution >= 0.6 is 7.75 Å². The van der Waals surface area contributed by atoms with Crippen molar-refractivity contribution in [3.8, 4) is 34.3 Å². The molecule has 0 bridgehead atoms. The summed E-state index contributed by atoms with van der Waals surface area (Å²) in [6, 6.07) is 13.5. The molecular weight excluding hydrogens is 564 g/mol. The number of hydrogen-bond donors (Lipinski definition) is 1. The second-order valence-electron chi connectivity index (χ2n) is 9.37. The number of halogens is 1. The van der Waals surface area contributed by atoms with Gasteiger partial charge in [-0.2, -0.15) is 0 Å². The van der Waals surface area contributed by atoms with Gasteiger partial charge in [0.25, 0.3) is 11.8 Å². The molecule has 2 aromatic carbocycles. The van der Waals surface area contributed by atoms with Gasteiger partial charge in [-0.3, -0.25) is 13.8 Å². The number of nitrogens with zero attached hydrogens (tertiary/aromatic N) is 6. The van der Waals surface area contributed by atoms with E-state index < -0.39 is 19.5 Å². The molecule has 42 heavy (non-hydrogen) atoms. The first-order valence-electron chi connectivity index (χ1n) is 13.6. The van der Waals surface area contributed by atoms with Gasteiger partial charge < -0.3 is 15.1 Å². The molecule has 1 saturated heterocycles. The summed E-state index contributed by atoms with van der Waals surface area (Å²) in [6.07, 6.45) is 1.93. The second-order valence-corrected chi connectivity index (χ2v) is 11.4. The van der Waals surface area contributed by atoms with E-state index in [1.54, 1.807) is 29.5 Å². The average molecular weight is 596 g/mol. The maximum atomic E-state index is 15.3. The summed E-state index contributed by atoms with van der Waals surface area (Å²) in [4.78, 5) is 23.5. The number of aromatic nitrogens is 4. The average Bonchev–Trinajstić information content (AvgIpc) is 3.34. The minimum atomic E-state index is -3.46. The van der Waals surface area contributed by atoms with Crippen molar-refractivity contribution in [2.75, 3.05) is 45.1 Å². The first-order chi connectivity index (χ1) is 20.3. The molecule has 12 nitrogen and oxygen atoms in total. The fraction of sp³-hybridized carbons (Fsp3) is 0.321. The predicted molar refractivity (Wildman–Crippen MR) is 154 cm³/mol. The number of nitrogen functional groups attached to an aromatic ring is 1. The quantitative estimate of drug-likeness (QED) is 0.263. The van der Waals surface area contributed by atoms with Crippen molar-refractivity contribution in [1.29, 1.82) is 0 Å². The third kappa shape index (κ3) is 6.24. The molecule has 5 rings (SSSR count). The van der Waals surface area contributed by atoms with Gasteiger partial charge in [-0.05, 0) is 44.5 Å². The molecule has 3 heterocycles. The van der Waals surface area contributed by atoms with Crippen LogP contribution in [0.3, 0.4) is 0 Å². The van der Waals surface area contributed by atoms with E-state index in [4.69, 9.17) is 19.2 Å². The van der Waals surface area contributed by atoms with Gasteiger partial charge in [0, 0.05) is 37.3 Å². The van der Waals surface area contributed by atoms with Crippen LogP contribution in [0, 0.1) is 5.82 Å². The Balaban J connectivity index is 1.33. The standard InChI is InChI=1S/C28H31FN7O5P/c1-3-39-42(38,40-4-2)36-14-8-13-35(15-16-36)28(37)21-12-11-20(17-22(21)29)23-18-31-25(30)24(32-23)27-34-33-26(41-27)19-9-6-5-7-10-19/h5-7,9-12,17-18H,3-4,8,13-16H2,1-2H3,(H2,30,31). The Bertz CT molecular complexity index is 1590. The van der Waals surface area contributed by atoms with Crippen molar-refractivity contribution < 1.29 is 27.2 Å². The molecule has 0 radical (unpaired) electrons. The fourth-order valence-corrected chi connectivity index (χ4v) is 6.38. The molecule has 1 aliphatic heterocycles. The lowest BCUT2D eigenvalue weighted by molar-refractivity contribution is 0.0757. The highest BCUT2D eigenvalue weighted by molar-refractivity contribution is 7.51. The monoisotopic (exact) mass is 595 g/mol. The van der Waals surface area contributed by atoms with Crippen molar-refractivity contribution in [3.63, 3.8) is 0 Å². The molecule has 1 amide bonds. The van der Waals surface area contributed by atoms with Crippen molar-refractivity contribution in [2.24, 2.45) is 0 Å². The van der Waals surface area contributed by atoms with Crippen molar-refractivity contribution in [1.82, 2.24) is 29.7 Å². The third-order valence-corrected chi connectivity index (χ3v) is 8.90. The molecule has 0 atom stereocenters. The maximum Gasteiger partial charge on any atom is 0.408 e. The van der Waals surface area contributed by atoms with Crippen LogP contribution in [0.2, 0.25) is 0 Å². The Morgan fingerprint density at radius 3 is 2.45 bits per heavy atom. The van der Waals surface area contributed by atoms with E-state index in [0.717, 1.165) is 5.56 Å². The molecule has 4 aromatic rings. The second kappa shape index (κ2) is 12.9. The Morgan fingerprint density at radius 1 is 1.00 bits per heavy atom. The molecule has 2 aromatic heterocycles. The van der Waals surface area contributed by atoms with Crippen molar-refractivity contribution in [2.45, 2.75) is 20.3 Å². The van der Waals surface area contributed by atoms with Gasteiger partial charge in [-0.25, -0.2) is 23.6 Å². The molecule has 2 N–H and O–H groups in total. The highest BCUT2D eigenvalue weighted by Gasteiger charge is 2.35. The van der Waals surface area contributed by atoms with E-state index in [1.807, 2.05) is 30.3 Å². The first kappa shape index (κ1) is 29.5. The van der Waals surface area contributed by atoms with Crippen LogP contribution < -0.4 is 5.73 Å². The van der Waals surface area contributed by atoms with E-state index in [0.29, 0.717) is 36.7 Å². The number of hydrogen-bond acceptors (Lipinski definition) is 10.